The molecule has 0 N–H and O–H groups in total. The molecule has 1 atom stereocenters. The highest BCUT2D eigenvalue weighted by Gasteiger charge is 2.41. The number of pyridine rings is 1. The van der Waals surface area contributed by atoms with Crippen LogP contribution in [0.5, 0.6) is 5.75 Å². The molecule has 12 heteroatoms. The number of rotatable bonds is 11. The Bertz CT molecular complexity index is 1700. The van der Waals surface area contributed by atoms with Gasteiger partial charge < -0.3 is 33.0 Å². The van der Waals surface area contributed by atoms with Crippen molar-refractivity contribution in [2.45, 2.75) is 6.04 Å². The summed E-state index contributed by atoms with van der Waals surface area (Å²) in [5.74, 6) is -3.53. The standard InChI is InChI=1S/C33H30N2O10/c1-40-22-16-14-20(15-17-22)29-28(26(32(38)43-4)30(45-29)33(39)44-5)35(21-11-7-6-8-12-21)27(24-13-9-10-18-34-24)23(31(37)42-3)19-25(36)41-2/h6-19,27H,1-5H3/b23-19-. The van der Waals surface area contributed by atoms with Crippen LogP contribution in [-0.4, -0.2) is 64.4 Å². The Kier molecular flexibility index (Phi) is 10.3. The van der Waals surface area contributed by atoms with Gasteiger partial charge in [-0.25, -0.2) is 19.2 Å². The Morgan fingerprint density at radius 1 is 0.778 bits per heavy atom. The Balaban J connectivity index is 2.23. The monoisotopic (exact) mass is 614 g/mol. The van der Waals surface area contributed by atoms with Crippen LogP contribution in [0.1, 0.15) is 32.6 Å². The first-order valence-electron chi connectivity index (χ1n) is 13.4. The average Bonchev–Trinajstić information content (AvgIpc) is 3.49. The van der Waals surface area contributed by atoms with E-state index in [0.29, 0.717) is 17.0 Å². The molecule has 0 amide bonds. The Labute approximate surface area is 258 Å². The first-order chi connectivity index (χ1) is 21.8. The van der Waals surface area contributed by atoms with E-state index in [4.69, 9.17) is 28.1 Å². The highest BCUT2D eigenvalue weighted by Crippen LogP contribution is 2.48. The fourth-order valence-electron chi connectivity index (χ4n) is 4.64. The van der Waals surface area contributed by atoms with Crippen LogP contribution in [0.25, 0.3) is 11.3 Å². The number of carbonyl (C=O) groups excluding carboxylic acids is 4. The molecule has 0 spiro atoms. The van der Waals surface area contributed by atoms with Gasteiger partial charge in [-0.05, 0) is 48.5 Å². The van der Waals surface area contributed by atoms with Gasteiger partial charge in [-0.2, -0.15) is 0 Å². The van der Waals surface area contributed by atoms with Gasteiger partial charge in [0, 0.05) is 23.5 Å². The summed E-state index contributed by atoms with van der Waals surface area (Å²) in [7, 11) is 6.11. The molecule has 0 saturated carbocycles. The van der Waals surface area contributed by atoms with E-state index in [1.807, 2.05) is 0 Å². The molecule has 2 heterocycles. The summed E-state index contributed by atoms with van der Waals surface area (Å²) in [4.78, 5) is 58.8. The maximum atomic E-state index is 13.6. The fraction of sp³-hybridized carbons (Fsp3) is 0.182. The minimum Gasteiger partial charge on any atom is -0.497 e. The molecule has 232 valence electrons. The van der Waals surface area contributed by atoms with E-state index in [0.717, 1.165) is 34.5 Å². The lowest BCUT2D eigenvalue weighted by atomic mass is 9.96. The first-order valence-corrected chi connectivity index (χ1v) is 13.4. The van der Waals surface area contributed by atoms with Gasteiger partial charge in [-0.1, -0.05) is 24.3 Å². The summed E-state index contributed by atoms with van der Waals surface area (Å²) in [6.07, 6.45) is 2.48. The number of hydrogen-bond donors (Lipinski definition) is 0. The zero-order valence-corrected chi connectivity index (χ0v) is 25.1. The lowest BCUT2D eigenvalue weighted by Crippen LogP contribution is -2.31. The van der Waals surface area contributed by atoms with Gasteiger partial charge in [-0.3, -0.25) is 4.98 Å². The lowest BCUT2D eigenvalue weighted by molar-refractivity contribution is -0.138. The third-order valence-electron chi connectivity index (χ3n) is 6.69. The molecular formula is C33H30N2O10. The molecular weight excluding hydrogens is 584 g/mol. The van der Waals surface area contributed by atoms with Gasteiger partial charge in [0.2, 0.25) is 5.76 Å². The van der Waals surface area contributed by atoms with E-state index < -0.39 is 35.7 Å². The molecule has 0 aliphatic heterocycles. The zero-order valence-electron chi connectivity index (χ0n) is 25.1. The van der Waals surface area contributed by atoms with Gasteiger partial charge in [0.1, 0.15) is 23.0 Å². The molecule has 0 aliphatic rings. The van der Waals surface area contributed by atoms with Gasteiger partial charge in [0.15, 0.2) is 5.76 Å². The van der Waals surface area contributed by atoms with E-state index in [1.165, 1.54) is 18.2 Å². The maximum Gasteiger partial charge on any atom is 0.374 e. The van der Waals surface area contributed by atoms with Crippen molar-refractivity contribution in [2.75, 3.05) is 40.4 Å². The molecule has 45 heavy (non-hydrogen) atoms. The second-order valence-corrected chi connectivity index (χ2v) is 9.17. The number of esters is 4. The number of carbonyl (C=O) groups is 4. The van der Waals surface area contributed by atoms with Crippen molar-refractivity contribution in [1.82, 2.24) is 4.98 Å². The largest absolute Gasteiger partial charge is 0.497 e. The summed E-state index contributed by atoms with van der Waals surface area (Å²) in [5.41, 5.74) is 0.591. The number of hydrogen-bond acceptors (Lipinski definition) is 12. The van der Waals surface area contributed by atoms with Crippen LogP contribution in [0.2, 0.25) is 0 Å². The molecule has 0 aliphatic carbocycles. The third-order valence-corrected chi connectivity index (χ3v) is 6.69. The van der Waals surface area contributed by atoms with Crippen molar-refractivity contribution in [3.63, 3.8) is 0 Å². The fourth-order valence-corrected chi connectivity index (χ4v) is 4.64. The van der Waals surface area contributed by atoms with Crippen LogP contribution in [0.4, 0.5) is 11.4 Å². The van der Waals surface area contributed by atoms with E-state index in [2.05, 4.69) is 4.98 Å². The zero-order chi connectivity index (χ0) is 32.5. The van der Waals surface area contributed by atoms with E-state index >= 15 is 0 Å². The van der Waals surface area contributed by atoms with Crippen molar-refractivity contribution in [2.24, 2.45) is 0 Å². The Morgan fingerprint density at radius 2 is 1.44 bits per heavy atom. The van der Waals surface area contributed by atoms with Crippen LogP contribution in [0, 0.1) is 0 Å². The topological polar surface area (TPSA) is 144 Å². The van der Waals surface area contributed by atoms with Crippen LogP contribution in [-0.2, 0) is 28.5 Å². The van der Waals surface area contributed by atoms with Crippen LogP contribution in [0.15, 0.2) is 95.1 Å². The summed E-state index contributed by atoms with van der Waals surface area (Å²) in [5, 5.41) is 0. The Hall–Kier alpha value is -5.91. The van der Waals surface area contributed by atoms with Crippen molar-refractivity contribution < 1.29 is 47.3 Å². The number of nitrogens with zero attached hydrogens (tertiary/aromatic N) is 2. The molecule has 2 aromatic carbocycles. The summed E-state index contributed by atoms with van der Waals surface area (Å²) >= 11 is 0. The molecule has 4 aromatic rings. The van der Waals surface area contributed by atoms with Crippen LogP contribution in [0.3, 0.4) is 0 Å². The third kappa shape index (κ3) is 6.69. The molecule has 0 radical (unpaired) electrons. The van der Waals surface area contributed by atoms with Gasteiger partial charge in [-0.15, -0.1) is 0 Å². The predicted octanol–water partition coefficient (Wildman–Crippen LogP) is 5.08. The van der Waals surface area contributed by atoms with E-state index in [9.17, 15) is 19.2 Å². The number of aromatic nitrogens is 1. The number of para-hydroxylation sites is 1. The van der Waals surface area contributed by atoms with E-state index in [-0.39, 0.29) is 28.3 Å². The summed E-state index contributed by atoms with van der Waals surface area (Å²) in [6.45, 7) is 0. The number of anilines is 2. The van der Waals surface area contributed by atoms with Crippen molar-refractivity contribution in [1.29, 1.82) is 0 Å². The minimum absolute atomic E-state index is 0.00828. The van der Waals surface area contributed by atoms with Gasteiger partial charge in [0.05, 0.1) is 46.8 Å². The summed E-state index contributed by atoms with van der Waals surface area (Å²) < 4.78 is 31.5. The quantitative estimate of drug-likeness (QED) is 0.126. The molecule has 12 nitrogen and oxygen atoms in total. The minimum atomic E-state index is -1.26. The number of ether oxygens (including phenoxy) is 5. The summed E-state index contributed by atoms with van der Waals surface area (Å²) in [6, 6.07) is 19.0. The van der Waals surface area contributed by atoms with Crippen molar-refractivity contribution in [3.8, 4) is 17.1 Å². The molecule has 2 aromatic heterocycles. The Morgan fingerprint density at radius 3 is 2.00 bits per heavy atom. The maximum absolute atomic E-state index is 13.6. The van der Waals surface area contributed by atoms with Crippen molar-refractivity contribution in [3.05, 3.63) is 108 Å². The molecule has 1 unspecified atom stereocenters. The molecule has 0 fully saturated rings. The second kappa shape index (κ2) is 14.5. The highest BCUT2D eigenvalue weighted by molar-refractivity contribution is 6.10. The predicted molar refractivity (Wildman–Crippen MR) is 161 cm³/mol. The lowest BCUT2D eigenvalue weighted by Gasteiger charge is -2.34. The first kappa shape index (κ1) is 32.0. The number of benzene rings is 2. The number of furan rings is 1. The van der Waals surface area contributed by atoms with E-state index in [1.54, 1.807) is 72.8 Å². The molecule has 4 rings (SSSR count). The van der Waals surface area contributed by atoms with Crippen LogP contribution >= 0.6 is 0 Å². The number of methoxy groups -OCH3 is 5. The normalized spacial score (nSPS) is 11.6. The second-order valence-electron chi connectivity index (χ2n) is 9.17. The van der Waals surface area contributed by atoms with Gasteiger partial charge in [0.25, 0.3) is 0 Å². The van der Waals surface area contributed by atoms with Crippen molar-refractivity contribution >= 4 is 35.3 Å². The SMILES string of the molecule is COC(=O)/C=C(\C(=O)OC)C(c1ccccn1)N(c1ccccc1)c1c(-c2ccc(OC)cc2)oc(C(=O)OC)c1C(=O)OC. The highest BCUT2D eigenvalue weighted by atomic mass is 16.5. The smallest absolute Gasteiger partial charge is 0.374 e. The molecule has 0 saturated heterocycles. The van der Waals surface area contributed by atoms with Crippen LogP contribution < -0.4 is 9.64 Å². The average molecular weight is 615 g/mol. The molecule has 0 bridgehead atoms. The van der Waals surface area contributed by atoms with Gasteiger partial charge >= 0.3 is 23.9 Å².